The SMILES string of the molecule is CC1CN(c2nc(O)c(C=C3C=Nc4ncccc43)[nH]2)CCO1. The second-order valence-corrected chi connectivity index (χ2v) is 5.66. The highest BCUT2D eigenvalue weighted by Crippen LogP contribution is 2.32. The number of rotatable bonds is 2. The quantitative estimate of drug-likeness (QED) is 0.886. The Bertz CT molecular complexity index is 796. The average molecular weight is 311 g/mol. The van der Waals surface area contributed by atoms with Gasteiger partial charge in [0.25, 0.3) is 0 Å². The Morgan fingerprint density at radius 2 is 2.39 bits per heavy atom. The molecule has 23 heavy (non-hydrogen) atoms. The molecule has 2 aromatic rings. The van der Waals surface area contributed by atoms with Gasteiger partial charge in [-0.15, -0.1) is 0 Å². The number of H-pyrrole nitrogens is 1. The average Bonchev–Trinajstić information content (AvgIpc) is 3.13. The number of aromatic amines is 1. The van der Waals surface area contributed by atoms with Gasteiger partial charge < -0.3 is 19.7 Å². The molecule has 7 nitrogen and oxygen atoms in total. The summed E-state index contributed by atoms with van der Waals surface area (Å²) in [7, 11) is 0. The molecule has 4 heterocycles. The fraction of sp³-hybridized carbons (Fsp3) is 0.312. The molecular weight excluding hydrogens is 294 g/mol. The monoisotopic (exact) mass is 311 g/mol. The van der Waals surface area contributed by atoms with Crippen LogP contribution in [-0.2, 0) is 4.74 Å². The summed E-state index contributed by atoms with van der Waals surface area (Å²) < 4.78 is 5.53. The van der Waals surface area contributed by atoms with Crippen LogP contribution in [-0.4, -0.2) is 52.1 Å². The smallest absolute Gasteiger partial charge is 0.238 e. The molecule has 0 amide bonds. The fourth-order valence-corrected chi connectivity index (χ4v) is 2.82. The van der Waals surface area contributed by atoms with Crippen LogP contribution in [0.1, 0.15) is 18.2 Å². The maximum Gasteiger partial charge on any atom is 0.238 e. The van der Waals surface area contributed by atoms with E-state index in [9.17, 15) is 5.11 Å². The van der Waals surface area contributed by atoms with Crippen LogP contribution in [0.2, 0.25) is 0 Å². The molecule has 0 aromatic carbocycles. The van der Waals surface area contributed by atoms with E-state index in [1.165, 1.54) is 0 Å². The van der Waals surface area contributed by atoms with Gasteiger partial charge >= 0.3 is 0 Å². The van der Waals surface area contributed by atoms with E-state index in [1.807, 2.05) is 25.1 Å². The molecular formula is C16H17N5O2. The van der Waals surface area contributed by atoms with E-state index >= 15 is 0 Å². The maximum atomic E-state index is 10.1. The summed E-state index contributed by atoms with van der Waals surface area (Å²) in [4.78, 5) is 18.0. The maximum absolute atomic E-state index is 10.1. The predicted octanol–water partition coefficient (Wildman–Crippen LogP) is 1.99. The number of aromatic hydroxyl groups is 1. The lowest BCUT2D eigenvalue weighted by Crippen LogP contribution is -2.41. The number of nitrogens with one attached hydrogen (secondary N) is 1. The number of ether oxygens (including phenoxy) is 1. The molecule has 2 aliphatic heterocycles. The van der Waals surface area contributed by atoms with Crippen molar-refractivity contribution in [3.8, 4) is 5.88 Å². The van der Waals surface area contributed by atoms with Gasteiger partial charge in [0.15, 0.2) is 5.82 Å². The van der Waals surface area contributed by atoms with Gasteiger partial charge in [0.2, 0.25) is 11.8 Å². The van der Waals surface area contributed by atoms with Gasteiger partial charge in [-0.05, 0) is 25.1 Å². The van der Waals surface area contributed by atoms with Crippen LogP contribution in [0.5, 0.6) is 5.88 Å². The molecule has 0 aliphatic carbocycles. The van der Waals surface area contributed by atoms with Crippen molar-refractivity contribution in [1.82, 2.24) is 15.0 Å². The normalized spacial score (nSPS) is 21.9. The first kappa shape index (κ1) is 14.0. The van der Waals surface area contributed by atoms with E-state index in [2.05, 4.69) is 24.8 Å². The van der Waals surface area contributed by atoms with Gasteiger partial charge in [0.05, 0.1) is 12.7 Å². The Balaban J connectivity index is 1.64. The topological polar surface area (TPSA) is 86.6 Å². The van der Waals surface area contributed by atoms with E-state index in [0.29, 0.717) is 24.1 Å². The number of allylic oxidation sites excluding steroid dienone is 1. The zero-order valence-electron chi connectivity index (χ0n) is 12.7. The number of aromatic nitrogens is 3. The summed E-state index contributed by atoms with van der Waals surface area (Å²) in [6.07, 6.45) is 5.45. The summed E-state index contributed by atoms with van der Waals surface area (Å²) >= 11 is 0. The van der Waals surface area contributed by atoms with E-state index in [0.717, 1.165) is 24.2 Å². The minimum Gasteiger partial charge on any atom is -0.492 e. The van der Waals surface area contributed by atoms with E-state index < -0.39 is 0 Å². The zero-order valence-corrected chi connectivity index (χ0v) is 12.7. The van der Waals surface area contributed by atoms with Crippen LogP contribution in [0.15, 0.2) is 23.3 Å². The second kappa shape index (κ2) is 5.51. The zero-order chi connectivity index (χ0) is 15.8. The molecule has 1 saturated heterocycles. The summed E-state index contributed by atoms with van der Waals surface area (Å²) in [5.74, 6) is 1.34. The van der Waals surface area contributed by atoms with Crippen LogP contribution in [0.3, 0.4) is 0 Å². The number of nitrogens with zero attached hydrogens (tertiary/aromatic N) is 4. The summed E-state index contributed by atoms with van der Waals surface area (Å²) in [5.41, 5.74) is 2.41. The largest absolute Gasteiger partial charge is 0.492 e. The fourth-order valence-electron chi connectivity index (χ4n) is 2.82. The van der Waals surface area contributed by atoms with Gasteiger partial charge in [0, 0.05) is 36.6 Å². The molecule has 0 bridgehead atoms. The number of imidazole rings is 1. The standard InChI is InChI=1S/C16H17N5O2/c1-10-9-21(5-6-23-10)16-19-13(15(22)20-16)7-11-8-18-14-12(11)3-2-4-17-14/h2-4,7-8,10,22H,5-6,9H2,1H3,(H,19,20). The Morgan fingerprint density at radius 3 is 3.26 bits per heavy atom. The molecule has 2 N–H and O–H groups in total. The number of aliphatic imine (C=N–C) groups is 1. The van der Waals surface area contributed by atoms with Crippen molar-refractivity contribution in [3.05, 3.63) is 29.6 Å². The first-order valence-corrected chi connectivity index (χ1v) is 7.57. The van der Waals surface area contributed by atoms with Gasteiger partial charge in [0.1, 0.15) is 5.69 Å². The molecule has 1 fully saturated rings. The third-order valence-corrected chi connectivity index (χ3v) is 3.96. The lowest BCUT2D eigenvalue weighted by molar-refractivity contribution is 0.0526. The molecule has 7 heteroatoms. The number of hydrogen-bond donors (Lipinski definition) is 2. The second-order valence-electron chi connectivity index (χ2n) is 5.66. The van der Waals surface area contributed by atoms with Crippen molar-refractivity contribution in [2.24, 2.45) is 4.99 Å². The van der Waals surface area contributed by atoms with Crippen LogP contribution >= 0.6 is 0 Å². The van der Waals surface area contributed by atoms with Crippen LogP contribution in [0.25, 0.3) is 11.6 Å². The van der Waals surface area contributed by atoms with Crippen molar-refractivity contribution >= 4 is 29.6 Å². The Labute approximate surface area is 133 Å². The molecule has 118 valence electrons. The summed E-state index contributed by atoms with van der Waals surface area (Å²) in [5, 5.41) is 10.1. The number of hydrogen-bond acceptors (Lipinski definition) is 6. The van der Waals surface area contributed by atoms with Gasteiger partial charge in [-0.1, -0.05) is 0 Å². The molecule has 4 rings (SSSR count). The van der Waals surface area contributed by atoms with Crippen LogP contribution in [0, 0.1) is 0 Å². The number of morpholine rings is 1. The number of pyridine rings is 1. The molecule has 0 spiro atoms. The number of fused-ring (bicyclic) bond motifs is 1. The van der Waals surface area contributed by atoms with Crippen molar-refractivity contribution in [3.63, 3.8) is 0 Å². The van der Waals surface area contributed by atoms with Crippen LogP contribution in [0.4, 0.5) is 11.8 Å². The van der Waals surface area contributed by atoms with Crippen molar-refractivity contribution in [2.45, 2.75) is 13.0 Å². The van der Waals surface area contributed by atoms with Crippen molar-refractivity contribution in [2.75, 3.05) is 24.6 Å². The van der Waals surface area contributed by atoms with Crippen molar-refractivity contribution < 1.29 is 9.84 Å². The predicted molar refractivity (Wildman–Crippen MR) is 88.1 cm³/mol. The Kier molecular flexibility index (Phi) is 3.34. The van der Waals surface area contributed by atoms with Gasteiger partial charge in [-0.2, -0.15) is 4.98 Å². The third kappa shape index (κ3) is 2.59. The molecule has 0 saturated carbocycles. The highest BCUT2D eigenvalue weighted by molar-refractivity contribution is 6.20. The third-order valence-electron chi connectivity index (χ3n) is 3.96. The highest BCUT2D eigenvalue weighted by Gasteiger charge is 2.21. The Morgan fingerprint density at radius 1 is 1.48 bits per heavy atom. The molecule has 1 unspecified atom stereocenters. The van der Waals surface area contributed by atoms with Crippen LogP contribution < -0.4 is 4.90 Å². The lowest BCUT2D eigenvalue weighted by Gasteiger charge is -2.30. The minimum atomic E-state index is -0.0163. The lowest BCUT2D eigenvalue weighted by atomic mass is 10.1. The molecule has 0 radical (unpaired) electrons. The van der Waals surface area contributed by atoms with E-state index in [-0.39, 0.29) is 12.0 Å². The first-order valence-electron chi connectivity index (χ1n) is 7.57. The summed E-state index contributed by atoms with van der Waals surface area (Å²) in [6.45, 7) is 4.18. The van der Waals surface area contributed by atoms with Crippen molar-refractivity contribution in [1.29, 1.82) is 0 Å². The van der Waals surface area contributed by atoms with E-state index in [1.54, 1.807) is 12.4 Å². The highest BCUT2D eigenvalue weighted by atomic mass is 16.5. The molecule has 1 atom stereocenters. The van der Waals surface area contributed by atoms with E-state index in [4.69, 9.17) is 4.74 Å². The van der Waals surface area contributed by atoms with Gasteiger partial charge in [-0.3, -0.25) is 0 Å². The molecule has 2 aliphatic rings. The first-order chi connectivity index (χ1) is 11.2. The van der Waals surface area contributed by atoms with Gasteiger partial charge in [-0.25, -0.2) is 9.98 Å². The minimum absolute atomic E-state index is 0.0163. The Hall–Kier alpha value is -2.67. The molecule has 2 aromatic heterocycles. The summed E-state index contributed by atoms with van der Waals surface area (Å²) in [6, 6.07) is 3.83. The number of anilines is 1.